The first-order valence-electron chi connectivity index (χ1n) is 8.09. The molecule has 1 saturated carbocycles. The van der Waals surface area contributed by atoms with E-state index in [0.29, 0.717) is 12.2 Å². The van der Waals surface area contributed by atoms with Crippen LogP contribution in [0.3, 0.4) is 0 Å². The molecule has 1 aromatic heterocycles. The number of anilines is 1. The van der Waals surface area contributed by atoms with Gasteiger partial charge in [-0.15, -0.1) is 0 Å². The molecule has 2 bridgehead atoms. The number of benzene rings is 1. The molecule has 2 amide bonds. The van der Waals surface area contributed by atoms with Crippen molar-refractivity contribution in [2.24, 2.45) is 11.8 Å². The van der Waals surface area contributed by atoms with Crippen LogP contribution in [0, 0.1) is 11.8 Å². The van der Waals surface area contributed by atoms with Gasteiger partial charge in [0.15, 0.2) is 0 Å². The van der Waals surface area contributed by atoms with Gasteiger partial charge in [-0.05, 0) is 23.3 Å². The number of fused-ring (bicyclic) bond motifs is 1. The second-order valence-corrected chi connectivity index (χ2v) is 6.63. The topological polar surface area (TPSA) is 67.3 Å². The lowest BCUT2D eigenvalue weighted by Gasteiger charge is -2.43. The van der Waals surface area contributed by atoms with Crippen LogP contribution in [0.5, 0.6) is 0 Å². The van der Waals surface area contributed by atoms with Crippen LogP contribution in [-0.2, 0) is 14.4 Å². The second-order valence-electron chi connectivity index (χ2n) is 6.63. The fourth-order valence-corrected chi connectivity index (χ4v) is 4.67. The molecule has 1 aromatic carbocycles. The summed E-state index contributed by atoms with van der Waals surface area (Å²) in [5, 5.41) is 0. The number of carbonyl (C=O) groups excluding carboxylic acids is 3. The van der Waals surface area contributed by atoms with Gasteiger partial charge in [0.1, 0.15) is 11.6 Å². The van der Waals surface area contributed by atoms with Gasteiger partial charge in [-0.3, -0.25) is 14.4 Å². The van der Waals surface area contributed by atoms with Crippen molar-refractivity contribution in [3.8, 4) is 0 Å². The van der Waals surface area contributed by atoms with E-state index < -0.39 is 17.8 Å². The predicted molar refractivity (Wildman–Crippen MR) is 85.3 cm³/mol. The Bertz CT molecular complexity index is 892. The molecule has 1 saturated heterocycles. The number of Topliss-reactive ketones (excluding diaryl/α,β-unsaturated/α-hetero) is 1. The van der Waals surface area contributed by atoms with E-state index in [4.69, 9.17) is 0 Å². The van der Waals surface area contributed by atoms with E-state index in [-0.39, 0.29) is 23.5 Å². The number of hydrogen-bond acceptors (Lipinski definition) is 4. The van der Waals surface area contributed by atoms with Crippen molar-refractivity contribution in [3.05, 3.63) is 59.8 Å². The molecule has 3 aliphatic carbocycles. The highest BCUT2D eigenvalue weighted by Crippen LogP contribution is 2.57. The Labute approximate surface area is 138 Å². The number of amides is 2. The van der Waals surface area contributed by atoms with E-state index in [9.17, 15) is 14.4 Å². The summed E-state index contributed by atoms with van der Waals surface area (Å²) in [5.74, 6) is -1.82. The summed E-state index contributed by atoms with van der Waals surface area (Å²) in [4.78, 5) is 43.9. The van der Waals surface area contributed by atoms with Gasteiger partial charge in [0, 0.05) is 18.5 Å². The van der Waals surface area contributed by atoms with Gasteiger partial charge in [-0.25, -0.2) is 9.88 Å². The van der Waals surface area contributed by atoms with Crippen LogP contribution in [0.2, 0.25) is 0 Å². The third-order valence-corrected chi connectivity index (χ3v) is 5.57. The van der Waals surface area contributed by atoms with Crippen molar-refractivity contribution in [2.75, 3.05) is 4.90 Å². The van der Waals surface area contributed by atoms with Gasteiger partial charge in [0.25, 0.3) is 0 Å². The number of nitrogens with zero attached hydrogens (tertiary/aromatic N) is 2. The first-order valence-corrected chi connectivity index (χ1v) is 8.09. The largest absolute Gasteiger partial charge is 0.299 e. The van der Waals surface area contributed by atoms with E-state index in [0.717, 1.165) is 11.1 Å². The summed E-state index contributed by atoms with van der Waals surface area (Å²) in [7, 11) is 0. The Kier molecular flexibility index (Phi) is 2.61. The molecule has 24 heavy (non-hydrogen) atoms. The van der Waals surface area contributed by atoms with Crippen LogP contribution in [0.4, 0.5) is 5.82 Å². The highest BCUT2D eigenvalue weighted by molar-refractivity contribution is 6.24. The molecular weight excluding hydrogens is 304 g/mol. The predicted octanol–water partition coefficient (Wildman–Crippen LogP) is 2.04. The number of aromatic nitrogens is 1. The molecule has 0 unspecified atom stereocenters. The number of hydrogen-bond donors (Lipinski definition) is 0. The van der Waals surface area contributed by atoms with Crippen molar-refractivity contribution in [1.29, 1.82) is 0 Å². The maximum absolute atomic E-state index is 13.0. The fourth-order valence-electron chi connectivity index (χ4n) is 4.67. The van der Waals surface area contributed by atoms with Crippen molar-refractivity contribution in [2.45, 2.75) is 18.3 Å². The van der Waals surface area contributed by atoms with E-state index in [1.54, 1.807) is 24.4 Å². The van der Waals surface area contributed by atoms with Crippen LogP contribution < -0.4 is 4.90 Å². The lowest BCUT2D eigenvalue weighted by atomic mass is 9.56. The van der Waals surface area contributed by atoms with Gasteiger partial charge in [0.2, 0.25) is 11.8 Å². The zero-order chi connectivity index (χ0) is 16.4. The van der Waals surface area contributed by atoms with Crippen LogP contribution in [0.15, 0.2) is 48.7 Å². The summed E-state index contributed by atoms with van der Waals surface area (Å²) < 4.78 is 0. The molecule has 0 N–H and O–H groups in total. The number of ketones is 1. The zero-order valence-corrected chi connectivity index (χ0v) is 12.8. The Balaban J connectivity index is 1.68. The normalized spacial score (nSPS) is 30.5. The third-order valence-electron chi connectivity index (χ3n) is 5.57. The molecule has 0 spiro atoms. The van der Waals surface area contributed by atoms with Crippen molar-refractivity contribution >= 4 is 23.4 Å². The number of pyridine rings is 1. The monoisotopic (exact) mass is 318 g/mol. The smallest absolute Gasteiger partial charge is 0.240 e. The molecule has 6 rings (SSSR count). The van der Waals surface area contributed by atoms with Crippen LogP contribution >= 0.6 is 0 Å². The van der Waals surface area contributed by atoms with E-state index in [1.165, 1.54) is 4.90 Å². The van der Waals surface area contributed by atoms with Crippen LogP contribution in [0.25, 0.3) is 0 Å². The number of carbonyl (C=O) groups is 3. The first-order chi connectivity index (χ1) is 11.7. The van der Waals surface area contributed by atoms with Crippen LogP contribution in [0.1, 0.15) is 29.4 Å². The standard InChI is InChI=1S/C19H14N2O3/c22-13-9-12-10-5-1-2-6-11(10)15(13)17-16(12)18(23)21(19(17)24)14-7-3-4-8-20-14/h1-8,12,15-17H,9H2/t12-,15+,16+,17+/m0/s1. The van der Waals surface area contributed by atoms with Gasteiger partial charge in [0.05, 0.1) is 17.8 Å². The summed E-state index contributed by atoms with van der Waals surface area (Å²) in [5.41, 5.74) is 1.97. The molecule has 0 radical (unpaired) electrons. The van der Waals surface area contributed by atoms with E-state index >= 15 is 0 Å². The third kappa shape index (κ3) is 1.54. The molecule has 5 heteroatoms. The lowest BCUT2D eigenvalue weighted by molar-refractivity contribution is -0.134. The quantitative estimate of drug-likeness (QED) is 0.755. The Morgan fingerprint density at radius 3 is 2.33 bits per heavy atom. The SMILES string of the molecule is O=C1C[C@H]2c3ccccc3[C@H]1[C@H]1C(=O)N(c3ccccn3)C(=O)[C@@H]12. The minimum atomic E-state index is -0.583. The molecule has 5 nitrogen and oxygen atoms in total. The minimum absolute atomic E-state index is 0.0731. The molecule has 2 fully saturated rings. The molecule has 4 aliphatic rings. The van der Waals surface area contributed by atoms with Crippen LogP contribution in [-0.4, -0.2) is 22.6 Å². The van der Waals surface area contributed by atoms with Crippen molar-refractivity contribution in [1.82, 2.24) is 4.98 Å². The second kappa shape index (κ2) is 4.60. The maximum Gasteiger partial charge on any atom is 0.240 e. The Hall–Kier alpha value is -2.82. The molecule has 2 heterocycles. The Morgan fingerprint density at radius 1 is 0.875 bits per heavy atom. The van der Waals surface area contributed by atoms with E-state index in [1.807, 2.05) is 24.3 Å². The van der Waals surface area contributed by atoms with E-state index in [2.05, 4.69) is 4.98 Å². The summed E-state index contributed by atoms with van der Waals surface area (Å²) in [6.45, 7) is 0. The molecule has 2 aromatic rings. The average molecular weight is 318 g/mol. The highest BCUT2D eigenvalue weighted by Gasteiger charge is 2.62. The summed E-state index contributed by atoms with van der Waals surface area (Å²) in [6.07, 6.45) is 1.91. The minimum Gasteiger partial charge on any atom is -0.299 e. The zero-order valence-electron chi connectivity index (χ0n) is 12.8. The first kappa shape index (κ1) is 13.6. The highest BCUT2D eigenvalue weighted by atomic mass is 16.2. The lowest BCUT2D eigenvalue weighted by Crippen LogP contribution is -2.44. The average Bonchev–Trinajstić information content (AvgIpc) is 2.88. The van der Waals surface area contributed by atoms with Gasteiger partial charge in [-0.2, -0.15) is 0 Å². The molecule has 4 atom stereocenters. The number of rotatable bonds is 1. The summed E-state index contributed by atoms with van der Waals surface area (Å²) >= 11 is 0. The maximum atomic E-state index is 13.0. The van der Waals surface area contributed by atoms with Crippen molar-refractivity contribution in [3.63, 3.8) is 0 Å². The molecule has 118 valence electrons. The Morgan fingerprint density at radius 2 is 1.58 bits per heavy atom. The summed E-state index contributed by atoms with van der Waals surface area (Å²) in [6, 6.07) is 12.9. The molecular formula is C19H14N2O3. The number of imide groups is 1. The van der Waals surface area contributed by atoms with Gasteiger partial charge < -0.3 is 0 Å². The van der Waals surface area contributed by atoms with Gasteiger partial charge >= 0.3 is 0 Å². The molecule has 1 aliphatic heterocycles. The van der Waals surface area contributed by atoms with Crippen molar-refractivity contribution < 1.29 is 14.4 Å². The van der Waals surface area contributed by atoms with Gasteiger partial charge in [-0.1, -0.05) is 30.3 Å². The fraction of sp³-hybridized carbons (Fsp3) is 0.263.